The maximum Gasteiger partial charge on any atom is 0.240 e. The summed E-state index contributed by atoms with van der Waals surface area (Å²) in [4.78, 5) is 22.7. The zero-order valence-electron chi connectivity index (χ0n) is 12.8. The molecule has 1 aromatic carbocycles. The number of benzene rings is 1. The van der Waals surface area contributed by atoms with Crippen LogP contribution in [0.4, 0.5) is 0 Å². The van der Waals surface area contributed by atoms with Gasteiger partial charge in [-0.2, -0.15) is 5.10 Å². The Balaban J connectivity index is 2.06. The average Bonchev–Trinajstić information content (AvgIpc) is 2.85. The van der Waals surface area contributed by atoms with Crippen molar-refractivity contribution in [3.05, 3.63) is 34.6 Å². The van der Waals surface area contributed by atoms with Crippen LogP contribution >= 0.6 is 12.2 Å². The Bertz CT molecular complexity index is 765. The van der Waals surface area contributed by atoms with E-state index in [-0.39, 0.29) is 24.8 Å². The number of primary amides is 1. The molecule has 0 saturated carbocycles. The van der Waals surface area contributed by atoms with Crippen LogP contribution in [0.2, 0.25) is 0 Å². The van der Waals surface area contributed by atoms with Crippen LogP contribution in [-0.2, 0) is 16.1 Å². The van der Waals surface area contributed by atoms with E-state index in [0.29, 0.717) is 23.6 Å². The largest absolute Gasteiger partial charge is 0.370 e. The van der Waals surface area contributed by atoms with Gasteiger partial charge in [0.15, 0.2) is 10.6 Å². The minimum atomic E-state index is -0.377. The minimum Gasteiger partial charge on any atom is -0.370 e. The van der Waals surface area contributed by atoms with Crippen LogP contribution in [0.1, 0.15) is 18.4 Å². The van der Waals surface area contributed by atoms with Crippen molar-refractivity contribution < 1.29 is 9.59 Å². The predicted molar refractivity (Wildman–Crippen MR) is 89.0 cm³/mol. The first kappa shape index (κ1) is 16.9. The number of hydrogen-bond acceptors (Lipinski definition) is 4. The van der Waals surface area contributed by atoms with Gasteiger partial charge in [-0.15, -0.1) is 0 Å². The number of nitrogens with one attached hydrogen (secondary N) is 2. The van der Waals surface area contributed by atoms with Gasteiger partial charge in [0.2, 0.25) is 11.8 Å². The van der Waals surface area contributed by atoms with Crippen LogP contribution in [0.15, 0.2) is 24.3 Å². The molecule has 0 atom stereocenters. The van der Waals surface area contributed by atoms with Crippen LogP contribution in [0.3, 0.4) is 0 Å². The molecule has 0 aliphatic rings. The summed E-state index contributed by atoms with van der Waals surface area (Å²) in [5.41, 5.74) is 7.04. The molecule has 0 aliphatic carbocycles. The van der Waals surface area contributed by atoms with Gasteiger partial charge in [-0.05, 0) is 31.6 Å². The van der Waals surface area contributed by atoms with Crippen LogP contribution in [0, 0.1) is 11.7 Å². The number of H-pyrrole nitrogens is 1. The van der Waals surface area contributed by atoms with Gasteiger partial charge in [0, 0.05) is 18.5 Å². The Morgan fingerprint density at radius 2 is 2.22 bits per heavy atom. The lowest BCUT2D eigenvalue weighted by Crippen LogP contribution is -2.29. The van der Waals surface area contributed by atoms with E-state index in [9.17, 15) is 9.59 Å². The molecule has 0 radical (unpaired) electrons. The molecular weight excluding hydrogens is 314 g/mol. The molecule has 1 aromatic heterocycles. The number of carbonyl (C=O) groups excluding carboxylic acids is 2. The highest BCUT2D eigenvalue weighted by atomic mass is 32.1. The van der Waals surface area contributed by atoms with Crippen LogP contribution in [0.25, 0.3) is 11.4 Å². The van der Waals surface area contributed by atoms with Crippen molar-refractivity contribution in [1.82, 2.24) is 20.1 Å². The molecule has 2 rings (SSSR count). The monoisotopic (exact) mass is 333 g/mol. The zero-order valence-corrected chi connectivity index (χ0v) is 13.7. The molecule has 7 nitrogen and oxygen atoms in total. The molecular formula is C15H19N5O2S. The Labute approximate surface area is 138 Å². The normalized spacial score (nSPS) is 10.5. The molecule has 8 heteroatoms. The lowest BCUT2D eigenvalue weighted by atomic mass is 10.1. The highest BCUT2D eigenvalue weighted by molar-refractivity contribution is 7.71. The number of hydrogen-bond donors (Lipinski definition) is 3. The summed E-state index contributed by atoms with van der Waals surface area (Å²) in [6.07, 6.45) is 0.766. The van der Waals surface area contributed by atoms with Gasteiger partial charge in [0.05, 0.1) is 0 Å². The molecule has 2 amide bonds. The number of amides is 2. The van der Waals surface area contributed by atoms with Crippen LogP contribution < -0.4 is 11.1 Å². The van der Waals surface area contributed by atoms with E-state index in [0.717, 1.165) is 11.1 Å². The van der Waals surface area contributed by atoms with Gasteiger partial charge < -0.3 is 11.1 Å². The molecule has 2 aromatic rings. The van der Waals surface area contributed by atoms with Crippen molar-refractivity contribution in [3.63, 3.8) is 0 Å². The van der Waals surface area contributed by atoms with Crippen LogP contribution in [-0.4, -0.2) is 33.1 Å². The smallest absolute Gasteiger partial charge is 0.240 e. The molecule has 0 unspecified atom stereocenters. The SMILES string of the molecule is Cc1cccc(-c2n[nH]c(=S)n2CC(=O)NCCCC(N)=O)c1. The lowest BCUT2D eigenvalue weighted by Gasteiger charge is -2.08. The molecule has 0 spiro atoms. The van der Waals surface area contributed by atoms with E-state index in [1.54, 1.807) is 4.57 Å². The number of nitrogens with two attached hydrogens (primary N) is 1. The summed E-state index contributed by atoms with van der Waals surface area (Å²) in [6.45, 7) is 2.45. The Kier molecular flexibility index (Phi) is 5.64. The molecule has 0 fully saturated rings. The number of aryl methyl sites for hydroxylation is 1. The second-order valence-corrected chi connectivity index (χ2v) is 5.61. The second-order valence-electron chi connectivity index (χ2n) is 5.23. The average molecular weight is 333 g/mol. The third kappa shape index (κ3) is 4.75. The predicted octanol–water partition coefficient (Wildman–Crippen LogP) is 1.30. The van der Waals surface area contributed by atoms with Gasteiger partial charge in [-0.25, -0.2) is 0 Å². The summed E-state index contributed by atoms with van der Waals surface area (Å²) in [6, 6.07) is 7.81. The fourth-order valence-corrected chi connectivity index (χ4v) is 2.36. The number of carbonyl (C=O) groups is 2. The summed E-state index contributed by atoms with van der Waals surface area (Å²) >= 11 is 5.20. The fraction of sp³-hybridized carbons (Fsp3) is 0.333. The van der Waals surface area contributed by atoms with Crippen molar-refractivity contribution >= 4 is 24.0 Å². The summed E-state index contributed by atoms with van der Waals surface area (Å²) in [5, 5.41) is 9.66. The van der Waals surface area contributed by atoms with Gasteiger partial charge >= 0.3 is 0 Å². The molecule has 122 valence electrons. The van der Waals surface area contributed by atoms with Crippen molar-refractivity contribution in [2.75, 3.05) is 6.54 Å². The third-order valence-corrected chi connectivity index (χ3v) is 3.57. The number of nitrogens with zero attached hydrogens (tertiary/aromatic N) is 2. The minimum absolute atomic E-state index is 0.0647. The number of aromatic amines is 1. The van der Waals surface area contributed by atoms with E-state index < -0.39 is 0 Å². The molecule has 23 heavy (non-hydrogen) atoms. The van der Waals surface area contributed by atoms with Gasteiger partial charge in [-0.3, -0.25) is 19.3 Å². The molecule has 4 N–H and O–H groups in total. The fourth-order valence-electron chi connectivity index (χ4n) is 2.16. The van der Waals surface area contributed by atoms with E-state index in [4.69, 9.17) is 18.0 Å². The van der Waals surface area contributed by atoms with E-state index >= 15 is 0 Å². The maximum absolute atomic E-state index is 12.0. The van der Waals surface area contributed by atoms with Gasteiger partial charge in [-0.1, -0.05) is 23.8 Å². The topological polar surface area (TPSA) is 106 Å². The zero-order chi connectivity index (χ0) is 16.8. The third-order valence-electron chi connectivity index (χ3n) is 3.26. The highest BCUT2D eigenvalue weighted by Gasteiger charge is 2.12. The molecule has 0 aliphatic heterocycles. The Morgan fingerprint density at radius 3 is 2.91 bits per heavy atom. The maximum atomic E-state index is 12.0. The second kappa shape index (κ2) is 7.68. The molecule has 0 bridgehead atoms. The lowest BCUT2D eigenvalue weighted by molar-refractivity contribution is -0.122. The summed E-state index contributed by atoms with van der Waals surface area (Å²) in [5.74, 6) is 0.0462. The number of aromatic nitrogens is 3. The van der Waals surface area contributed by atoms with Crippen molar-refractivity contribution in [3.8, 4) is 11.4 Å². The molecule has 0 saturated heterocycles. The van der Waals surface area contributed by atoms with Gasteiger partial charge in [0.25, 0.3) is 0 Å². The Morgan fingerprint density at radius 1 is 1.43 bits per heavy atom. The van der Waals surface area contributed by atoms with Gasteiger partial charge in [0.1, 0.15) is 6.54 Å². The highest BCUT2D eigenvalue weighted by Crippen LogP contribution is 2.18. The van der Waals surface area contributed by atoms with Crippen molar-refractivity contribution in [1.29, 1.82) is 0 Å². The Hall–Kier alpha value is -2.48. The van der Waals surface area contributed by atoms with Crippen LogP contribution in [0.5, 0.6) is 0 Å². The van der Waals surface area contributed by atoms with Crippen molar-refractivity contribution in [2.45, 2.75) is 26.3 Å². The first-order valence-electron chi connectivity index (χ1n) is 7.24. The van der Waals surface area contributed by atoms with E-state index in [1.807, 2.05) is 31.2 Å². The first-order valence-corrected chi connectivity index (χ1v) is 7.65. The van der Waals surface area contributed by atoms with Crippen molar-refractivity contribution in [2.24, 2.45) is 5.73 Å². The first-order chi connectivity index (χ1) is 11.0. The summed E-state index contributed by atoms with van der Waals surface area (Å²) in [7, 11) is 0. The van der Waals surface area contributed by atoms with E-state index in [2.05, 4.69) is 15.5 Å². The van der Waals surface area contributed by atoms with E-state index in [1.165, 1.54) is 0 Å². The standard InChI is InChI=1S/C15H19N5O2S/c1-10-4-2-5-11(8-10)14-18-19-15(23)20(14)9-13(22)17-7-3-6-12(16)21/h2,4-5,8H,3,6-7,9H2,1H3,(H2,16,21)(H,17,22)(H,19,23). The quantitative estimate of drug-likeness (QED) is 0.524. The summed E-state index contributed by atoms with van der Waals surface area (Å²) < 4.78 is 2.03. The molecule has 1 heterocycles. The number of rotatable bonds is 7.